The van der Waals surface area contributed by atoms with Crippen molar-refractivity contribution in [2.45, 2.75) is 37.0 Å². The van der Waals surface area contributed by atoms with Gasteiger partial charge in [0.15, 0.2) is 0 Å². The van der Waals surface area contributed by atoms with Gasteiger partial charge in [-0.25, -0.2) is 0 Å². The lowest BCUT2D eigenvalue weighted by Gasteiger charge is -2.41. The molecule has 0 saturated heterocycles. The number of rotatable bonds is 5. The number of fused-ring (bicyclic) bond motifs is 18. The molecule has 1 spiro atoms. The van der Waals surface area contributed by atoms with Gasteiger partial charge < -0.3 is 14.1 Å². The van der Waals surface area contributed by atoms with Crippen LogP contribution in [0.25, 0.3) is 71.3 Å². The molecule has 354 valence electrons. The summed E-state index contributed by atoms with van der Waals surface area (Å²) in [6, 6.07) is 85.1. The molecule has 75 heavy (non-hydrogen) atoms. The molecule has 0 amide bonds. The maximum absolute atomic E-state index is 7.26. The van der Waals surface area contributed by atoms with Crippen LogP contribution in [0.5, 0.6) is 11.5 Å². The Labute approximate surface area is 435 Å². The second-order valence-electron chi connectivity index (χ2n) is 21.4. The molecule has 3 heteroatoms. The van der Waals surface area contributed by atoms with Crippen LogP contribution in [0.15, 0.2) is 253 Å². The normalized spacial score (nSPS) is 16.2. The van der Waals surface area contributed by atoms with Crippen LogP contribution < -0.4 is 9.64 Å². The average molecular weight is 960 g/mol. The fourth-order valence-electron chi connectivity index (χ4n) is 13.9. The van der Waals surface area contributed by atoms with E-state index < -0.39 is 5.41 Å². The van der Waals surface area contributed by atoms with Crippen LogP contribution in [0.4, 0.5) is 17.1 Å². The van der Waals surface area contributed by atoms with E-state index >= 15 is 0 Å². The third-order valence-electron chi connectivity index (χ3n) is 17.3. The summed E-state index contributed by atoms with van der Waals surface area (Å²) in [5.41, 5.74) is 21.0. The molecule has 0 fully saturated rings. The minimum absolute atomic E-state index is 0.128. The van der Waals surface area contributed by atoms with Gasteiger partial charge in [0, 0.05) is 66.6 Å². The first-order valence-electron chi connectivity index (χ1n) is 26.3. The van der Waals surface area contributed by atoms with Gasteiger partial charge in [-0.05, 0) is 115 Å². The predicted octanol–water partition coefficient (Wildman–Crippen LogP) is 19.3. The summed E-state index contributed by atoms with van der Waals surface area (Å²) in [7, 11) is 0. The number of hydrogen-bond acceptors (Lipinski definition) is 3. The van der Waals surface area contributed by atoms with E-state index in [1.165, 1.54) is 72.0 Å². The number of allylic oxidation sites excluding steroid dienone is 4. The summed E-state index contributed by atoms with van der Waals surface area (Å²) in [5, 5.41) is 6.87. The Morgan fingerprint density at radius 1 is 0.440 bits per heavy atom. The van der Waals surface area contributed by atoms with Crippen LogP contribution in [-0.4, -0.2) is 0 Å². The predicted molar refractivity (Wildman–Crippen MR) is 309 cm³/mol. The van der Waals surface area contributed by atoms with E-state index in [-0.39, 0.29) is 11.3 Å². The maximum Gasteiger partial charge on any atom is 0.143 e. The zero-order valence-electron chi connectivity index (χ0n) is 41.6. The highest BCUT2D eigenvalue weighted by molar-refractivity contribution is 6.10. The molecule has 1 aromatic heterocycles. The van der Waals surface area contributed by atoms with Gasteiger partial charge in [0.05, 0.1) is 5.41 Å². The first-order valence-corrected chi connectivity index (χ1v) is 26.3. The Bertz CT molecular complexity index is 4370. The zero-order chi connectivity index (χ0) is 49.6. The quantitative estimate of drug-likeness (QED) is 0.172. The molecule has 0 saturated carbocycles. The van der Waals surface area contributed by atoms with Gasteiger partial charge in [-0.2, -0.15) is 0 Å². The Morgan fingerprint density at radius 3 is 1.75 bits per heavy atom. The first-order chi connectivity index (χ1) is 36.9. The molecule has 4 aliphatic rings. The van der Waals surface area contributed by atoms with Gasteiger partial charge in [0.2, 0.25) is 0 Å². The fourth-order valence-corrected chi connectivity index (χ4v) is 13.9. The zero-order valence-corrected chi connectivity index (χ0v) is 41.6. The van der Waals surface area contributed by atoms with Gasteiger partial charge in [0.1, 0.15) is 22.7 Å². The van der Waals surface area contributed by atoms with E-state index in [4.69, 9.17) is 9.15 Å². The third-order valence-corrected chi connectivity index (χ3v) is 17.3. The largest absolute Gasteiger partial charge is 0.455 e. The summed E-state index contributed by atoms with van der Waals surface area (Å²) >= 11 is 0. The minimum Gasteiger partial charge on any atom is -0.455 e. The molecule has 11 aromatic carbocycles. The van der Waals surface area contributed by atoms with Crippen molar-refractivity contribution in [2.75, 3.05) is 4.90 Å². The second kappa shape index (κ2) is 15.7. The smallest absolute Gasteiger partial charge is 0.143 e. The molecule has 1 aliphatic heterocycles. The topological polar surface area (TPSA) is 25.6 Å². The molecule has 1 unspecified atom stereocenters. The molecular weight excluding hydrogens is 911 g/mol. The number of furan rings is 1. The summed E-state index contributed by atoms with van der Waals surface area (Å²) in [6.45, 7) is 4.73. The van der Waals surface area contributed by atoms with E-state index in [2.05, 4.69) is 255 Å². The van der Waals surface area contributed by atoms with Crippen molar-refractivity contribution >= 4 is 66.1 Å². The monoisotopic (exact) mass is 959 g/mol. The van der Waals surface area contributed by atoms with Crippen molar-refractivity contribution in [3.05, 3.63) is 287 Å². The summed E-state index contributed by atoms with van der Waals surface area (Å²) in [4.78, 5) is 2.44. The summed E-state index contributed by atoms with van der Waals surface area (Å²) in [6.07, 6.45) is 5.76. The molecular formula is C72H49NO2. The van der Waals surface area contributed by atoms with Crippen LogP contribution in [0.2, 0.25) is 0 Å². The van der Waals surface area contributed by atoms with E-state index in [9.17, 15) is 0 Å². The number of nitrogens with zero attached hydrogens (tertiary/aromatic N) is 1. The minimum atomic E-state index is -0.585. The molecule has 0 N–H and O–H groups in total. The Balaban J connectivity index is 0.846. The van der Waals surface area contributed by atoms with E-state index in [0.29, 0.717) is 0 Å². The van der Waals surface area contributed by atoms with Crippen LogP contribution in [0.1, 0.15) is 65.1 Å². The highest BCUT2D eigenvalue weighted by Gasteiger charge is 2.54. The number of ether oxygens (including phenoxy) is 1. The molecule has 16 rings (SSSR count). The van der Waals surface area contributed by atoms with Crippen molar-refractivity contribution in [3.63, 3.8) is 0 Å². The van der Waals surface area contributed by atoms with Crippen LogP contribution in [-0.2, 0) is 10.8 Å². The highest BCUT2D eigenvalue weighted by atomic mass is 16.5. The second-order valence-corrected chi connectivity index (χ2v) is 21.4. The SMILES string of the molecule is CC1(C)c2ccccc2-c2ccc(N(c3ccc(-c4cccc5c4oc4ccccc45)cc3)c3ccc(C4CC=CC5=C4c4ccccc4C54c5ccc6ccccc6c5Oc5c4ccc4ccccc54)cc3)cc21. The van der Waals surface area contributed by atoms with Crippen LogP contribution >= 0.6 is 0 Å². The average Bonchev–Trinajstić information content (AvgIpc) is 4.25. The van der Waals surface area contributed by atoms with Crippen molar-refractivity contribution < 1.29 is 9.15 Å². The van der Waals surface area contributed by atoms with Gasteiger partial charge in [0.25, 0.3) is 0 Å². The molecule has 3 aliphatic carbocycles. The van der Waals surface area contributed by atoms with Crippen LogP contribution in [0.3, 0.4) is 0 Å². The lowest BCUT2D eigenvalue weighted by Crippen LogP contribution is -2.33. The van der Waals surface area contributed by atoms with E-state index in [1.807, 2.05) is 6.07 Å². The van der Waals surface area contributed by atoms with Gasteiger partial charge in [-0.1, -0.05) is 214 Å². The van der Waals surface area contributed by atoms with Gasteiger partial charge >= 0.3 is 0 Å². The lowest BCUT2D eigenvalue weighted by molar-refractivity contribution is 0.446. The van der Waals surface area contributed by atoms with Crippen molar-refractivity contribution in [3.8, 4) is 33.8 Å². The molecule has 0 radical (unpaired) electrons. The Kier molecular flexibility index (Phi) is 8.84. The molecule has 12 aromatic rings. The third kappa shape index (κ3) is 5.87. The molecule has 1 atom stereocenters. The number of para-hydroxylation sites is 2. The van der Waals surface area contributed by atoms with E-state index in [1.54, 1.807) is 0 Å². The Morgan fingerprint density at radius 2 is 1.01 bits per heavy atom. The maximum atomic E-state index is 7.26. The molecule has 0 bridgehead atoms. The summed E-state index contributed by atoms with van der Waals surface area (Å²) < 4.78 is 13.8. The van der Waals surface area contributed by atoms with Crippen molar-refractivity contribution in [1.29, 1.82) is 0 Å². The van der Waals surface area contributed by atoms with Crippen LogP contribution in [0, 0.1) is 0 Å². The van der Waals surface area contributed by atoms with Gasteiger partial charge in [-0.3, -0.25) is 0 Å². The number of anilines is 3. The lowest BCUT2D eigenvalue weighted by atomic mass is 9.63. The molecule has 2 heterocycles. The fraction of sp³-hybridized carbons (Fsp3) is 0.0833. The first kappa shape index (κ1) is 42.3. The van der Waals surface area contributed by atoms with Crippen molar-refractivity contribution in [1.82, 2.24) is 0 Å². The summed E-state index contributed by atoms with van der Waals surface area (Å²) in [5.74, 6) is 2.01. The van der Waals surface area contributed by atoms with Gasteiger partial charge in [-0.15, -0.1) is 0 Å². The number of benzene rings is 11. The molecule has 3 nitrogen and oxygen atoms in total. The Hall–Kier alpha value is -9.18. The number of hydrogen-bond donors (Lipinski definition) is 0. The standard InChI is InChI=1S/C72H49NO2/c1-71(2)60-25-10-7-19-55(60)56-40-39-50(43-65(56)71)73(49-37-31-47(32-38-49)52-23-13-24-58-57-20-9-12-28-66(57)74-68(52)58)48-35-29-46(30-36-48)51-22-14-27-62-67(51)59-21-8-11-26-61(59)72(62)63-41-33-44-15-3-5-17-53(44)69(63)75-70-54-18-6-4-16-45(54)34-42-64(70)72/h3-21,23-43,51H,22H2,1-2H3. The van der Waals surface area contributed by atoms with E-state index in [0.717, 1.165) is 78.8 Å². The highest BCUT2D eigenvalue weighted by Crippen LogP contribution is 2.66. The van der Waals surface area contributed by atoms with Crippen molar-refractivity contribution in [2.24, 2.45) is 0 Å².